The zero-order valence-corrected chi connectivity index (χ0v) is 18.3. The van der Waals surface area contributed by atoms with Crippen molar-refractivity contribution in [2.45, 2.75) is 30.8 Å². The number of hydrogen-bond donors (Lipinski definition) is 1. The molecule has 0 radical (unpaired) electrons. The monoisotopic (exact) mass is 461 g/mol. The standard InChI is InChI=1S/C23H21ClFNO4S/c1-2-22(17-6-4-3-5-7-17)26(31(29,30)19-11-9-18(24)10-12-19)15-16-8-13-20(23(27)28)21(25)14-16/h3-14,22H,2,15H2,1H3,(H,27,28). The molecule has 5 nitrogen and oxygen atoms in total. The van der Waals surface area contributed by atoms with Crippen molar-refractivity contribution in [1.82, 2.24) is 4.31 Å². The SMILES string of the molecule is CCC(c1ccccc1)N(Cc1ccc(C(=O)O)c(F)c1)S(=O)(=O)c1ccc(Cl)cc1. The first-order valence-electron chi connectivity index (χ1n) is 9.58. The summed E-state index contributed by atoms with van der Waals surface area (Å²) < 4.78 is 42.7. The molecule has 0 saturated heterocycles. The summed E-state index contributed by atoms with van der Waals surface area (Å²) in [6.45, 7) is 1.74. The highest BCUT2D eigenvalue weighted by molar-refractivity contribution is 7.89. The Morgan fingerprint density at radius 2 is 1.71 bits per heavy atom. The maximum absolute atomic E-state index is 14.3. The fraction of sp³-hybridized carbons (Fsp3) is 0.174. The summed E-state index contributed by atoms with van der Waals surface area (Å²) in [5.74, 6) is -2.30. The summed E-state index contributed by atoms with van der Waals surface area (Å²) in [6, 6.07) is 18.1. The quantitative estimate of drug-likeness (QED) is 0.479. The van der Waals surface area contributed by atoms with Crippen LogP contribution in [0.1, 0.15) is 40.9 Å². The van der Waals surface area contributed by atoms with Gasteiger partial charge in [0.2, 0.25) is 10.0 Å². The smallest absolute Gasteiger partial charge is 0.338 e. The van der Waals surface area contributed by atoms with Crippen molar-refractivity contribution < 1.29 is 22.7 Å². The van der Waals surface area contributed by atoms with Gasteiger partial charge in [-0.3, -0.25) is 0 Å². The first-order valence-corrected chi connectivity index (χ1v) is 11.4. The third-order valence-electron chi connectivity index (χ3n) is 4.94. The van der Waals surface area contributed by atoms with Crippen LogP contribution < -0.4 is 0 Å². The van der Waals surface area contributed by atoms with Crippen molar-refractivity contribution in [3.8, 4) is 0 Å². The van der Waals surface area contributed by atoms with Gasteiger partial charge < -0.3 is 5.11 Å². The van der Waals surface area contributed by atoms with Crippen LogP contribution in [-0.4, -0.2) is 23.8 Å². The summed E-state index contributed by atoms with van der Waals surface area (Å²) in [5.41, 5.74) is 0.672. The Balaban J connectivity index is 2.09. The van der Waals surface area contributed by atoms with E-state index in [0.717, 1.165) is 17.7 Å². The molecule has 3 rings (SSSR count). The van der Waals surface area contributed by atoms with Gasteiger partial charge in [-0.15, -0.1) is 0 Å². The zero-order valence-electron chi connectivity index (χ0n) is 16.7. The van der Waals surface area contributed by atoms with E-state index in [9.17, 15) is 17.6 Å². The Morgan fingerprint density at radius 3 is 2.26 bits per heavy atom. The Bertz CT molecular complexity index is 1170. The molecule has 31 heavy (non-hydrogen) atoms. The molecule has 162 valence electrons. The molecular formula is C23H21ClFNO4S. The zero-order chi connectivity index (χ0) is 22.6. The van der Waals surface area contributed by atoms with Crippen LogP contribution in [0, 0.1) is 5.82 Å². The van der Waals surface area contributed by atoms with E-state index < -0.39 is 33.4 Å². The summed E-state index contributed by atoms with van der Waals surface area (Å²) in [7, 11) is -3.98. The maximum atomic E-state index is 14.3. The number of nitrogens with zero attached hydrogens (tertiary/aromatic N) is 1. The average molecular weight is 462 g/mol. The summed E-state index contributed by atoms with van der Waals surface area (Å²) >= 11 is 5.92. The van der Waals surface area contributed by atoms with E-state index in [1.165, 1.54) is 34.6 Å². The summed E-state index contributed by atoms with van der Waals surface area (Å²) in [4.78, 5) is 11.2. The van der Waals surface area contributed by atoms with E-state index in [-0.39, 0.29) is 11.4 Å². The molecule has 1 atom stereocenters. The molecule has 0 amide bonds. The molecular weight excluding hydrogens is 441 g/mol. The number of carboxylic acids is 1. The number of benzene rings is 3. The minimum atomic E-state index is -3.98. The highest BCUT2D eigenvalue weighted by Crippen LogP contribution is 2.32. The van der Waals surface area contributed by atoms with Crippen LogP contribution in [0.3, 0.4) is 0 Å². The van der Waals surface area contributed by atoms with Crippen molar-refractivity contribution in [2.75, 3.05) is 0 Å². The second kappa shape index (κ2) is 9.60. The van der Waals surface area contributed by atoms with Crippen LogP contribution in [0.2, 0.25) is 5.02 Å². The van der Waals surface area contributed by atoms with E-state index in [1.807, 2.05) is 37.3 Å². The molecule has 8 heteroatoms. The van der Waals surface area contributed by atoms with Crippen LogP contribution in [0.5, 0.6) is 0 Å². The molecule has 3 aromatic carbocycles. The van der Waals surface area contributed by atoms with Crippen LogP contribution in [0.4, 0.5) is 4.39 Å². The fourth-order valence-electron chi connectivity index (χ4n) is 3.40. The van der Waals surface area contributed by atoms with Gasteiger partial charge in [0.1, 0.15) is 5.82 Å². The van der Waals surface area contributed by atoms with Crippen molar-refractivity contribution in [1.29, 1.82) is 0 Å². The molecule has 0 aromatic heterocycles. The maximum Gasteiger partial charge on any atom is 0.338 e. The first kappa shape index (κ1) is 22.9. The highest BCUT2D eigenvalue weighted by atomic mass is 35.5. The van der Waals surface area contributed by atoms with Crippen molar-refractivity contribution >= 4 is 27.6 Å². The number of carbonyl (C=O) groups is 1. The Morgan fingerprint density at radius 1 is 1.06 bits per heavy atom. The van der Waals surface area contributed by atoms with Gasteiger partial charge in [-0.2, -0.15) is 4.31 Å². The number of carboxylic acid groups (broad SMARTS) is 1. The molecule has 0 saturated carbocycles. The third kappa shape index (κ3) is 5.12. The molecule has 0 aliphatic carbocycles. The number of aromatic carboxylic acids is 1. The second-order valence-corrected chi connectivity index (χ2v) is 9.29. The van der Waals surface area contributed by atoms with Gasteiger partial charge in [-0.1, -0.05) is 54.9 Å². The lowest BCUT2D eigenvalue weighted by Gasteiger charge is -2.31. The normalized spacial score (nSPS) is 12.6. The molecule has 0 bridgehead atoms. The molecule has 0 spiro atoms. The minimum Gasteiger partial charge on any atom is -0.478 e. The number of halogens is 2. The van der Waals surface area contributed by atoms with E-state index >= 15 is 0 Å². The molecule has 0 heterocycles. The lowest BCUT2D eigenvalue weighted by Crippen LogP contribution is -2.34. The number of hydrogen-bond acceptors (Lipinski definition) is 3. The largest absolute Gasteiger partial charge is 0.478 e. The molecule has 3 aromatic rings. The molecule has 0 aliphatic heterocycles. The molecule has 1 N–H and O–H groups in total. The van der Waals surface area contributed by atoms with Crippen LogP contribution in [0.15, 0.2) is 77.7 Å². The average Bonchev–Trinajstić information content (AvgIpc) is 2.74. The Kier molecular flexibility index (Phi) is 7.10. The number of sulfonamides is 1. The van der Waals surface area contributed by atoms with E-state index in [0.29, 0.717) is 17.0 Å². The predicted molar refractivity (Wildman–Crippen MR) is 117 cm³/mol. The van der Waals surface area contributed by atoms with Crippen molar-refractivity contribution in [3.63, 3.8) is 0 Å². The van der Waals surface area contributed by atoms with Crippen LogP contribution >= 0.6 is 11.6 Å². The minimum absolute atomic E-state index is 0.0638. The van der Waals surface area contributed by atoms with Crippen LogP contribution in [-0.2, 0) is 16.6 Å². The predicted octanol–water partition coefficient (Wildman–Crippen LogP) is 5.52. The highest BCUT2D eigenvalue weighted by Gasteiger charge is 2.32. The lowest BCUT2D eigenvalue weighted by atomic mass is 10.0. The van der Waals surface area contributed by atoms with E-state index in [4.69, 9.17) is 16.7 Å². The van der Waals surface area contributed by atoms with Gasteiger partial charge in [0.15, 0.2) is 0 Å². The van der Waals surface area contributed by atoms with Gasteiger partial charge in [0.05, 0.1) is 16.5 Å². The lowest BCUT2D eigenvalue weighted by molar-refractivity contribution is 0.0692. The van der Waals surface area contributed by atoms with Gasteiger partial charge in [-0.05, 0) is 53.9 Å². The van der Waals surface area contributed by atoms with Crippen molar-refractivity contribution in [2.24, 2.45) is 0 Å². The van der Waals surface area contributed by atoms with Gasteiger partial charge in [0.25, 0.3) is 0 Å². The summed E-state index contributed by atoms with van der Waals surface area (Å²) in [6.07, 6.45) is 0.479. The van der Waals surface area contributed by atoms with E-state index in [2.05, 4.69) is 0 Å². The topological polar surface area (TPSA) is 74.7 Å². The number of rotatable bonds is 8. The third-order valence-corrected chi connectivity index (χ3v) is 7.06. The molecule has 0 fully saturated rings. The molecule has 0 aliphatic rings. The van der Waals surface area contributed by atoms with Crippen molar-refractivity contribution in [3.05, 3.63) is 100 Å². The first-order chi connectivity index (χ1) is 14.7. The van der Waals surface area contributed by atoms with Gasteiger partial charge >= 0.3 is 5.97 Å². The Hall–Kier alpha value is -2.74. The fourth-order valence-corrected chi connectivity index (χ4v) is 5.20. The summed E-state index contributed by atoms with van der Waals surface area (Å²) in [5, 5.41) is 9.47. The Labute approximate surface area is 185 Å². The van der Waals surface area contributed by atoms with Gasteiger partial charge in [0, 0.05) is 11.6 Å². The second-order valence-electron chi connectivity index (χ2n) is 6.96. The van der Waals surface area contributed by atoms with E-state index in [1.54, 1.807) is 0 Å². The van der Waals surface area contributed by atoms with Crippen LogP contribution in [0.25, 0.3) is 0 Å². The van der Waals surface area contributed by atoms with Gasteiger partial charge in [-0.25, -0.2) is 17.6 Å². The molecule has 1 unspecified atom stereocenters.